The van der Waals surface area contributed by atoms with Gasteiger partial charge in [0.1, 0.15) is 6.04 Å². The molecule has 0 spiro atoms. The quantitative estimate of drug-likeness (QED) is 0.685. The van der Waals surface area contributed by atoms with E-state index < -0.39 is 23.1 Å². The van der Waals surface area contributed by atoms with Crippen LogP contribution in [0.3, 0.4) is 0 Å². The lowest BCUT2D eigenvalue weighted by atomic mass is 9.97. The van der Waals surface area contributed by atoms with Crippen molar-refractivity contribution in [3.05, 3.63) is 58.1 Å². The van der Waals surface area contributed by atoms with Gasteiger partial charge >= 0.3 is 0 Å². The lowest BCUT2D eigenvalue weighted by Gasteiger charge is -2.44. The number of nitrogens with zero attached hydrogens (tertiary/aromatic N) is 3. The minimum atomic E-state index is -1.32. The number of aryl methyl sites for hydroxylation is 1. The van der Waals surface area contributed by atoms with Gasteiger partial charge in [0.15, 0.2) is 16.8 Å². The van der Waals surface area contributed by atoms with E-state index in [-0.39, 0.29) is 28.0 Å². The molecule has 1 fully saturated rings. The maximum atomic E-state index is 14.0. The van der Waals surface area contributed by atoms with Crippen molar-refractivity contribution in [3.8, 4) is 0 Å². The predicted octanol–water partition coefficient (Wildman–Crippen LogP) is 3.35. The van der Waals surface area contributed by atoms with Gasteiger partial charge in [-0.2, -0.15) is 4.31 Å². The SMILES string of the molecule is CN1C(=N)N(C)[S+]([O-])[C@H]2CCCc3ccc(NC(=O)c4ncc(Cl)cc4F)cc3C21. The second-order valence-corrected chi connectivity index (χ2v) is 9.58. The lowest BCUT2D eigenvalue weighted by molar-refractivity contribution is 0.101. The van der Waals surface area contributed by atoms with Crippen LogP contribution in [0, 0.1) is 11.2 Å². The molecule has 0 bridgehead atoms. The highest BCUT2D eigenvalue weighted by Gasteiger charge is 2.47. The molecule has 2 unspecified atom stereocenters. The Morgan fingerprint density at radius 3 is 2.90 bits per heavy atom. The lowest BCUT2D eigenvalue weighted by Crippen LogP contribution is -2.57. The van der Waals surface area contributed by atoms with Crippen molar-refractivity contribution < 1.29 is 13.7 Å². The van der Waals surface area contributed by atoms with Gasteiger partial charge in [-0.3, -0.25) is 10.2 Å². The summed E-state index contributed by atoms with van der Waals surface area (Å²) in [7, 11) is 3.49. The van der Waals surface area contributed by atoms with Crippen LogP contribution in [0.1, 0.15) is 40.5 Å². The van der Waals surface area contributed by atoms with Crippen molar-refractivity contribution in [1.29, 1.82) is 5.41 Å². The van der Waals surface area contributed by atoms with E-state index in [0.717, 1.165) is 36.5 Å². The molecule has 1 aliphatic heterocycles. The number of pyridine rings is 1. The number of carbonyl (C=O) groups is 1. The Hall–Kier alpha value is -2.36. The summed E-state index contributed by atoms with van der Waals surface area (Å²) in [6.45, 7) is 0. The summed E-state index contributed by atoms with van der Waals surface area (Å²) in [5.74, 6) is -1.29. The zero-order valence-electron chi connectivity index (χ0n) is 16.5. The predicted molar refractivity (Wildman–Crippen MR) is 114 cm³/mol. The first kappa shape index (κ1) is 20.9. The minimum Gasteiger partial charge on any atom is -0.593 e. The van der Waals surface area contributed by atoms with Crippen LogP contribution in [-0.2, 0) is 17.8 Å². The number of fused-ring (bicyclic) bond motifs is 3. The molecule has 158 valence electrons. The van der Waals surface area contributed by atoms with Crippen LogP contribution in [0.15, 0.2) is 30.5 Å². The number of aromatic nitrogens is 1. The number of halogens is 2. The molecule has 7 nitrogen and oxygen atoms in total. The molecule has 1 amide bonds. The normalized spacial score (nSPS) is 23.5. The summed E-state index contributed by atoms with van der Waals surface area (Å²) < 4.78 is 28.5. The van der Waals surface area contributed by atoms with Gasteiger partial charge in [-0.25, -0.2) is 9.37 Å². The monoisotopic (exact) mass is 449 g/mol. The Kier molecular flexibility index (Phi) is 5.61. The van der Waals surface area contributed by atoms with Crippen LogP contribution >= 0.6 is 11.6 Å². The number of carbonyl (C=O) groups excluding carboxylic acids is 1. The largest absolute Gasteiger partial charge is 0.593 e. The summed E-state index contributed by atoms with van der Waals surface area (Å²) in [4.78, 5) is 18.1. The molecule has 0 radical (unpaired) electrons. The van der Waals surface area contributed by atoms with Crippen molar-refractivity contribution in [2.75, 3.05) is 19.4 Å². The smallest absolute Gasteiger partial charge is 0.277 e. The van der Waals surface area contributed by atoms with Gasteiger partial charge in [-0.05, 0) is 42.2 Å². The Bertz CT molecular complexity index is 1020. The number of benzene rings is 1. The van der Waals surface area contributed by atoms with Crippen LogP contribution < -0.4 is 5.32 Å². The summed E-state index contributed by atoms with van der Waals surface area (Å²) in [5, 5.41) is 11.0. The molecule has 2 aliphatic rings. The third-order valence-electron chi connectivity index (χ3n) is 5.61. The molecule has 0 saturated carbocycles. The van der Waals surface area contributed by atoms with E-state index in [4.69, 9.17) is 17.0 Å². The van der Waals surface area contributed by atoms with Gasteiger partial charge in [0, 0.05) is 25.4 Å². The molecule has 1 aliphatic carbocycles. The average Bonchev–Trinajstić information content (AvgIpc) is 2.90. The standard InChI is InChI=1S/C20H21ClFN5O2S/c1-26-18-14-9-13(25-19(28)17-15(22)8-12(21)10-24-17)7-6-11(14)4-3-5-16(18)30(29)27(2)20(26)23/h6-10,16,18,23H,3-5H2,1-2H3,(H,25,28)/t16-,18?,30?/m0/s1. The van der Waals surface area contributed by atoms with Crippen molar-refractivity contribution >= 4 is 40.5 Å². The average molecular weight is 450 g/mol. The summed E-state index contributed by atoms with van der Waals surface area (Å²) in [6.07, 6.45) is 3.71. The number of amides is 1. The van der Waals surface area contributed by atoms with Crippen molar-refractivity contribution in [2.45, 2.75) is 30.6 Å². The molecular formula is C20H21ClFN5O2S. The van der Waals surface area contributed by atoms with Gasteiger partial charge < -0.3 is 14.8 Å². The molecule has 2 N–H and O–H groups in total. The third-order valence-corrected chi connectivity index (χ3v) is 7.54. The van der Waals surface area contributed by atoms with Gasteiger partial charge in [0.2, 0.25) is 5.96 Å². The van der Waals surface area contributed by atoms with Gasteiger partial charge in [0.05, 0.1) is 23.4 Å². The molecule has 4 rings (SSSR count). The van der Waals surface area contributed by atoms with Crippen LogP contribution in [0.2, 0.25) is 5.02 Å². The van der Waals surface area contributed by atoms with Gasteiger partial charge in [0.25, 0.3) is 5.91 Å². The van der Waals surface area contributed by atoms with E-state index in [1.165, 1.54) is 10.5 Å². The van der Waals surface area contributed by atoms with Crippen molar-refractivity contribution in [2.24, 2.45) is 0 Å². The number of hydrogen-bond donors (Lipinski definition) is 2. The highest BCUT2D eigenvalue weighted by Crippen LogP contribution is 2.41. The molecule has 1 aromatic carbocycles. The maximum absolute atomic E-state index is 14.0. The van der Waals surface area contributed by atoms with Crippen LogP contribution in [0.5, 0.6) is 0 Å². The van der Waals surface area contributed by atoms with E-state index >= 15 is 0 Å². The summed E-state index contributed by atoms with van der Waals surface area (Å²) >= 11 is 4.39. The van der Waals surface area contributed by atoms with E-state index in [0.29, 0.717) is 5.69 Å². The van der Waals surface area contributed by atoms with E-state index in [9.17, 15) is 13.7 Å². The second kappa shape index (κ2) is 8.05. The van der Waals surface area contributed by atoms with Gasteiger partial charge in [-0.1, -0.05) is 17.7 Å². The summed E-state index contributed by atoms with van der Waals surface area (Å²) in [5.41, 5.74) is 2.16. The first-order valence-corrected chi connectivity index (χ1v) is 11.0. The molecule has 2 aromatic rings. The molecule has 3 atom stereocenters. The topological polar surface area (TPSA) is 95.4 Å². The molecule has 10 heteroatoms. The molecule has 2 heterocycles. The number of rotatable bonds is 2. The number of anilines is 1. The molecule has 1 aromatic heterocycles. The van der Waals surface area contributed by atoms with Gasteiger partial charge in [-0.15, -0.1) is 0 Å². The first-order valence-electron chi connectivity index (χ1n) is 9.49. The van der Waals surface area contributed by atoms with Crippen molar-refractivity contribution in [3.63, 3.8) is 0 Å². The van der Waals surface area contributed by atoms with Crippen LogP contribution in [0.25, 0.3) is 0 Å². The minimum absolute atomic E-state index is 0.112. The molecule has 1 saturated heterocycles. The fourth-order valence-electron chi connectivity index (χ4n) is 4.11. The Morgan fingerprint density at radius 1 is 1.40 bits per heavy atom. The van der Waals surface area contributed by atoms with Crippen molar-refractivity contribution in [1.82, 2.24) is 14.2 Å². The highest BCUT2D eigenvalue weighted by atomic mass is 35.5. The van der Waals surface area contributed by atoms with E-state index in [2.05, 4.69) is 10.3 Å². The zero-order valence-corrected chi connectivity index (χ0v) is 18.1. The van der Waals surface area contributed by atoms with E-state index in [1.807, 2.05) is 24.1 Å². The Labute approximate surface area is 182 Å². The molecular weight excluding hydrogens is 429 g/mol. The van der Waals surface area contributed by atoms with Crippen LogP contribution in [0.4, 0.5) is 10.1 Å². The maximum Gasteiger partial charge on any atom is 0.277 e. The second-order valence-electron chi connectivity index (χ2n) is 7.44. The number of hydrogen-bond acceptors (Lipinski definition) is 4. The summed E-state index contributed by atoms with van der Waals surface area (Å²) in [6, 6.07) is 6.32. The number of guanidine groups is 1. The zero-order chi connectivity index (χ0) is 21.6. The Balaban J connectivity index is 1.67. The third kappa shape index (κ3) is 3.61. The first-order chi connectivity index (χ1) is 14.3. The molecule has 30 heavy (non-hydrogen) atoms. The fourth-order valence-corrected chi connectivity index (χ4v) is 5.88. The number of nitrogens with one attached hydrogen (secondary N) is 2. The fraction of sp³-hybridized carbons (Fsp3) is 0.350. The van der Waals surface area contributed by atoms with E-state index in [1.54, 1.807) is 13.1 Å². The highest BCUT2D eigenvalue weighted by molar-refractivity contribution is 7.90. The Morgan fingerprint density at radius 2 is 2.17 bits per heavy atom. The van der Waals surface area contributed by atoms with Crippen LogP contribution in [-0.4, -0.2) is 50.0 Å².